The highest BCUT2D eigenvalue weighted by Gasteiger charge is 2.16. The lowest BCUT2D eigenvalue weighted by Gasteiger charge is -2.28. The van der Waals surface area contributed by atoms with E-state index in [0.29, 0.717) is 6.54 Å². The van der Waals surface area contributed by atoms with E-state index in [1.807, 2.05) is 6.92 Å². The number of hydrogen-bond donors (Lipinski definition) is 1. The molecule has 3 heteroatoms. The third kappa shape index (κ3) is 4.02. The first kappa shape index (κ1) is 15.9. The topological polar surface area (TPSA) is 42.1 Å². The molecule has 1 unspecified atom stereocenters. The van der Waals surface area contributed by atoms with Crippen LogP contribution in [0.5, 0.6) is 0 Å². The first-order chi connectivity index (χ1) is 10.0. The Hall–Kier alpha value is -1.45. The van der Waals surface area contributed by atoms with Gasteiger partial charge in [-0.25, -0.2) is 0 Å². The van der Waals surface area contributed by atoms with Gasteiger partial charge in [0.25, 0.3) is 0 Å². The molecule has 21 heavy (non-hydrogen) atoms. The van der Waals surface area contributed by atoms with Gasteiger partial charge < -0.3 is 5.73 Å². The third-order valence-electron chi connectivity index (χ3n) is 4.05. The average Bonchev–Trinajstić information content (AvgIpc) is 2.46. The molecule has 0 bridgehead atoms. The van der Waals surface area contributed by atoms with Gasteiger partial charge in [-0.1, -0.05) is 26.0 Å². The number of likely N-dealkylation sites (N-methyl/N-ethyl adjacent to an activating group) is 1. The third-order valence-corrected chi connectivity index (χ3v) is 4.05. The minimum atomic E-state index is 0.273. The van der Waals surface area contributed by atoms with Crippen molar-refractivity contribution < 1.29 is 0 Å². The van der Waals surface area contributed by atoms with Crippen molar-refractivity contribution in [1.29, 1.82) is 0 Å². The van der Waals surface area contributed by atoms with Crippen LogP contribution in [0.15, 0.2) is 30.3 Å². The molecule has 1 aromatic heterocycles. The van der Waals surface area contributed by atoms with Crippen LogP contribution in [0.2, 0.25) is 0 Å². The van der Waals surface area contributed by atoms with Gasteiger partial charge in [0.1, 0.15) is 0 Å². The summed E-state index contributed by atoms with van der Waals surface area (Å²) in [5, 5.41) is 1.19. The van der Waals surface area contributed by atoms with Gasteiger partial charge in [-0.3, -0.25) is 9.88 Å². The standard InChI is InChI=1S/C18H27N3/c1-13(2)9-10-21(4)18(12-19)16-7-8-17-15(11-16)6-5-14(3)20-17/h5-8,11,13,18H,9-10,12,19H2,1-4H3. The fourth-order valence-electron chi connectivity index (χ4n) is 2.64. The Bertz CT molecular complexity index is 592. The van der Waals surface area contributed by atoms with Crippen molar-refractivity contribution in [1.82, 2.24) is 9.88 Å². The van der Waals surface area contributed by atoms with E-state index in [-0.39, 0.29) is 6.04 Å². The van der Waals surface area contributed by atoms with Gasteiger partial charge in [-0.15, -0.1) is 0 Å². The minimum absolute atomic E-state index is 0.273. The van der Waals surface area contributed by atoms with E-state index >= 15 is 0 Å². The number of aromatic nitrogens is 1. The molecule has 2 aromatic rings. The van der Waals surface area contributed by atoms with E-state index in [0.717, 1.165) is 23.7 Å². The van der Waals surface area contributed by atoms with E-state index in [1.54, 1.807) is 0 Å². The Balaban J connectivity index is 2.23. The summed E-state index contributed by atoms with van der Waals surface area (Å²) < 4.78 is 0. The smallest absolute Gasteiger partial charge is 0.0705 e. The van der Waals surface area contributed by atoms with Crippen molar-refractivity contribution in [3.8, 4) is 0 Å². The van der Waals surface area contributed by atoms with Gasteiger partial charge in [0.15, 0.2) is 0 Å². The van der Waals surface area contributed by atoms with Crippen molar-refractivity contribution in [2.75, 3.05) is 20.1 Å². The van der Waals surface area contributed by atoms with Crippen molar-refractivity contribution in [3.05, 3.63) is 41.6 Å². The quantitative estimate of drug-likeness (QED) is 0.883. The maximum Gasteiger partial charge on any atom is 0.0705 e. The van der Waals surface area contributed by atoms with Crippen molar-refractivity contribution >= 4 is 10.9 Å². The molecule has 0 amide bonds. The normalized spacial score (nSPS) is 13.3. The van der Waals surface area contributed by atoms with Crippen molar-refractivity contribution in [2.45, 2.75) is 33.2 Å². The predicted molar refractivity (Wildman–Crippen MR) is 90.4 cm³/mol. The van der Waals surface area contributed by atoms with Crippen LogP contribution in [0, 0.1) is 12.8 Å². The lowest BCUT2D eigenvalue weighted by molar-refractivity contribution is 0.236. The number of rotatable bonds is 6. The second-order valence-electron chi connectivity index (χ2n) is 6.32. The molecule has 2 rings (SSSR count). The maximum absolute atomic E-state index is 6.02. The molecule has 2 N–H and O–H groups in total. The molecule has 0 saturated heterocycles. The summed E-state index contributed by atoms with van der Waals surface area (Å²) in [7, 11) is 2.16. The zero-order chi connectivity index (χ0) is 15.4. The molecule has 114 valence electrons. The van der Waals surface area contributed by atoms with Crippen LogP contribution < -0.4 is 5.73 Å². The molecule has 1 atom stereocenters. The Kier molecular flexibility index (Phi) is 5.32. The molecular formula is C18H27N3. The highest BCUT2D eigenvalue weighted by Crippen LogP contribution is 2.23. The molecule has 0 fully saturated rings. The van der Waals surface area contributed by atoms with Gasteiger partial charge in [-0.2, -0.15) is 0 Å². The minimum Gasteiger partial charge on any atom is -0.329 e. The lowest BCUT2D eigenvalue weighted by atomic mass is 10.0. The van der Waals surface area contributed by atoms with E-state index < -0.39 is 0 Å². The number of fused-ring (bicyclic) bond motifs is 1. The molecule has 1 heterocycles. The number of hydrogen-bond acceptors (Lipinski definition) is 3. The predicted octanol–water partition coefficient (Wildman–Crippen LogP) is 3.52. The van der Waals surface area contributed by atoms with Crippen molar-refractivity contribution in [2.24, 2.45) is 11.7 Å². The zero-order valence-corrected chi connectivity index (χ0v) is 13.6. The summed E-state index contributed by atoms with van der Waals surface area (Å²) in [5.41, 5.74) is 9.41. The monoisotopic (exact) mass is 285 g/mol. The van der Waals surface area contributed by atoms with Gasteiger partial charge in [0.2, 0.25) is 0 Å². The fourth-order valence-corrected chi connectivity index (χ4v) is 2.64. The van der Waals surface area contributed by atoms with Crippen molar-refractivity contribution in [3.63, 3.8) is 0 Å². The van der Waals surface area contributed by atoms with Gasteiger partial charge in [0.05, 0.1) is 5.52 Å². The largest absolute Gasteiger partial charge is 0.329 e. The molecule has 0 saturated carbocycles. The molecule has 3 nitrogen and oxygen atoms in total. The maximum atomic E-state index is 6.02. The summed E-state index contributed by atoms with van der Waals surface area (Å²) in [5.74, 6) is 0.717. The fraction of sp³-hybridized carbons (Fsp3) is 0.500. The lowest BCUT2D eigenvalue weighted by Crippen LogP contribution is -2.31. The number of pyridine rings is 1. The van der Waals surface area contributed by atoms with Crippen LogP contribution in [0.25, 0.3) is 10.9 Å². The van der Waals surface area contributed by atoms with Crippen LogP contribution in [0.1, 0.15) is 37.6 Å². The SMILES string of the molecule is Cc1ccc2cc(C(CN)N(C)CCC(C)C)ccc2n1. The molecule has 0 aliphatic carbocycles. The van der Waals surface area contributed by atoms with Gasteiger partial charge in [-0.05, 0) is 56.6 Å². The summed E-state index contributed by atoms with van der Waals surface area (Å²) >= 11 is 0. The molecule has 1 aromatic carbocycles. The summed E-state index contributed by atoms with van der Waals surface area (Å²) in [6.07, 6.45) is 1.20. The van der Waals surface area contributed by atoms with Crippen LogP contribution in [-0.4, -0.2) is 30.0 Å². The second-order valence-corrected chi connectivity index (χ2v) is 6.32. The number of nitrogens with two attached hydrogens (primary N) is 1. The summed E-state index contributed by atoms with van der Waals surface area (Å²) in [4.78, 5) is 6.93. The van der Waals surface area contributed by atoms with Crippen LogP contribution >= 0.6 is 0 Å². The number of aryl methyl sites for hydroxylation is 1. The van der Waals surface area contributed by atoms with E-state index in [1.165, 1.54) is 17.4 Å². The Morgan fingerprint density at radius 1 is 1.19 bits per heavy atom. The first-order valence-electron chi connectivity index (χ1n) is 7.79. The van der Waals surface area contributed by atoms with Crippen LogP contribution in [0.4, 0.5) is 0 Å². The molecule has 0 spiro atoms. The van der Waals surface area contributed by atoms with Gasteiger partial charge >= 0.3 is 0 Å². The average molecular weight is 285 g/mol. The molecule has 0 aliphatic rings. The highest BCUT2D eigenvalue weighted by atomic mass is 15.1. The molecular weight excluding hydrogens is 258 g/mol. The Labute approximate surface area is 128 Å². The molecule has 0 aliphatic heterocycles. The van der Waals surface area contributed by atoms with E-state index in [2.05, 4.69) is 61.1 Å². The number of benzene rings is 1. The van der Waals surface area contributed by atoms with Crippen LogP contribution in [0.3, 0.4) is 0 Å². The Morgan fingerprint density at radius 2 is 1.95 bits per heavy atom. The van der Waals surface area contributed by atoms with Crippen LogP contribution in [-0.2, 0) is 0 Å². The highest BCUT2D eigenvalue weighted by molar-refractivity contribution is 5.79. The summed E-state index contributed by atoms with van der Waals surface area (Å²) in [6, 6.07) is 11.0. The Morgan fingerprint density at radius 3 is 2.62 bits per heavy atom. The summed E-state index contributed by atoms with van der Waals surface area (Å²) in [6.45, 7) is 8.25. The van der Waals surface area contributed by atoms with E-state index in [9.17, 15) is 0 Å². The van der Waals surface area contributed by atoms with Gasteiger partial charge in [0, 0.05) is 23.7 Å². The second kappa shape index (κ2) is 7.01. The zero-order valence-electron chi connectivity index (χ0n) is 13.6. The molecule has 0 radical (unpaired) electrons. The first-order valence-corrected chi connectivity index (χ1v) is 7.79. The number of nitrogens with zero attached hydrogens (tertiary/aromatic N) is 2. The van der Waals surface area contributed by atoms with E-state index in [4.69, 9.17) is 5.73 Å².